The van der Waals surface area contributed by atoms with Crippen molar-refractivity contribution in [3.63, 3.8) is 0 Å². The molecule has 0 radical (unpaired) electrons. The maximum atomic E-state index is 13.4. The summed E-state index contributed by atoms with van der Waals surface area (Å²) in [6.07, 6.45) is 0. The first-order chi connectivity index (χ1) is 12.7. The van der Waals surface area contributed by atoms with E-state index in [2.05, 4.69) is 10.4 Å². The van der Waals surface area contributed by atoms with Crippen LogP contribution in [0.5, 0.6) is 0 Å². The van der Waals surface area contributed by atoms with Crippen LogP contribution in [0.1, 0.15) is 36.8 Å². The summed E-state index contributed by atoms with van der Waals surface area (Å²) in [4.78, 5) is 12.5. The van der Waals surface area contributed by atoms with Gasteiger partial charge in [-0.3, -0.25) is 4.79 Å². The minimum absolute atomic E-state index is 0.00174. The number of nitrogens with zero attached hydrogens (tertiary/aromatic N) is 2. The fourth-order valence-corrected chi connectivity index (χ4v) is 2.69. The molecule has 7 heteroatoms. The van der Waals surface area contributed by atoms with Crippen LogP contribution in [-0.2, 0) is 5.41 Å². The predicted molar refractivity (Wildman–Crippen MR) is 102 cm³/mol. The molecule has 0 spiro atoms. The van der Waals surface area contributed by atoms with Crippen molar-refractivity contribution in [2.45, 2.75) is 26.2 Å². The lowest BCUT2D eigenvalue weighted by atomic mass is 9.92. The van der Waals surface area contributed by atoms with E-state index < -0.39 is 17.5 Å². The Morgan fingerprint density at radius 1 is 1.07 bits per heavy atom. The highest BCUT2D eigenvalue weighted by Crippen LogP contribution is 2.29. The summed E-state index contributed by atoms with van der Waals surface area (Å²) >= 11 is 6.28. The molecule has 0 aliphatic heterocycles. The van der Waals surface area contributed by atoms with Crippen molar-refractivity contribution in [1.82, 2.24) is 9.78 Å². The molecule has 4 nitrogen and oxygen atoms in total. The second-order valence-corrected chi connectivity index (χ2v) is 7.52. The Balaban J connectivity index is 2.03. The van der Waals surface area contributed by atoms with Gasteiger partial charge in [0.2, 0.25) is 0 Å². The molecule has 1 aromatic heterocycles. The first kappa shape index (κ1) is 19.0. The zero-order valence-corrected chi connectivity index (χ0v) is 15.8. The van der Waals surface area contributed by atoms with Crippen LogP contribution in [0.25, 0.3) is 5.69 Å². The van der Waals surface area contributed by atoms with Gasteiger partial charge in [0, 0.05) is 17.0 Å². The Kier molecular flexibility index (Phi) is 5.02. The first-order valence-electron chi connectivity index (χ1n) is 8.28. The largest absolute Gasteiger partial charge is 0.306 e. The van der Waals surface area contributed by atoms with E-state index in [1.165, 1.54) is 10.7 Å². The molecule has 0 saturated heterocycles. The molecule has 0 aliphatic carbocycles. The van der Waals surface area contributed by atoms with Crippen molar-refractivity contribution in [3.8, 4) is 5.69 Å². The fraction of sp³-hybridized carbons (Fsp3) is 0.200. The minimum Gasteiger partial charge on any atom is -0.306 e. The number of carbonyl (C=O) groups excluding carboxylic acids is 1. The molecule has 0 atom stereocenters. The van der Waals surface area contributed by atoms with Gasteiger partial charge in [0.1, 0.15) is 5.82 Å². The monoisotopic (exact) mass is 389 g/mol. The topological polar surface area (TPSA) is 46.9 Å². The van der Waals surface area contributed by atoms with Crippen LogP contribution in [0.3, 0.4) is 0 Å². The Morgan fingerprint density at radius 3 is 2.41 bits per heavy atom. The number of aromatic nitrogens is 2. The number of halogens is 3. The third kappa shape index (κ3) is 4.01. The highest BCUT2D eigenvalue weighted by atomic mass is 35.5. The third-order valence-corrected chi connectivity index (χ3v) is 4.30. The minimum atomic E-state index is -1.09. The van der Waals surface area contributed by atoms with Crippen molar-refractivity contribution in [1.29, 1.82) is 0 Å². The maximum Gasteiger partial charge on any atom is 0.256 e. The molecule has 3 aromatic rings. The van der Waals surface area contributed by atoms with Crippen LogP contribution in [0.15, 0.2) is 48.5 Å². The second-order valence-electron chi connectivity index (χ2n) is 7.11. The van der Waals surface area contributed by atoms with Gasteiger partial charge in [0.25, 0.3) is 5.91 Å². The van der Waals surface area contributed by atoms with Crippen LogP contribution in [0, 0.1) is 11.6 Å². The zero-order chi connectivity index (χ0) is 19.8. The average Bonchev–Trinajstić information content (AvgIpc) is 3.01. The SMILES string of the molecule is CC(C)(C)c1cc(NC(=O)c2ccc(F)c(F)c2)n(-c2ccccc2Cl)n1. The lowest BCUT2D eigenvalue weighted by Crippen LogP contribution is -2.15. The van der Waals surface area contributed by atoms with Crippen LogP contribution < -0.4 is 5.32 Å². The Hall–Kier alpha value is -2.73. The van der Waals surface area contributed by atoms with Crippen molar-refractivity contribution < 1.29 is 13.6 Å². The van der Waals surface area contributed by atoms with E-state index in [1.807, 2.05) is 20.8 Å². The molecule has 0 saturated carbocycles. The summed E-state index contributed by atoms with van der Waals surface area (Å²) in [5.41, 5.74) is 1.06. The highest BCUT2D eigenvalue weighted by molar-refractivity contribution is 6.32. The van der Waals surface area contributed by atoms with Gasteiger partial charge in [-0.15, -0.1) is 0 Å². The second kappa shape index (κ2) is 7.12. The Morgan fingerprint density at radius 2 is 1.78 bits per heavy atom. The van der Waals surface area contributed by atoms with Crippen molar-refractivity contribution in [3.05, 3.63) is 76.4 Å². The van der Waals surface area contributed by atoms with E-state index in [9.17, 15) is 13.6 Å². The van der Waals surface area contributed by atoms with E-state index in [-0.39, 0.29) is 11.0 Å². The van der Waals surface area contributed by atoms with Gasteiger partial charge in [-0.05, 0) is 30.3 Å². The van der Waals surface area contributed by atoms with Gasteiger partial charge >= 0.3 is 0 Å². The van der Waals surface area contributed by atoms with E-state index in [0.29, 0.717) is 16.5 Å². The van der Waals surface area contributed by atoms with Crippen LogP contribution in [0.4, 0.5) is 14.6 Å². The number of carbonyl (C=O) groups is 1. The molecular formula is C20H18ClF2N3O. The number of amides is 1. The van der Waals surface area contributed by atoms with Gasteiger partial charge in [-0.25, -0.2) is 13.5 Å². The molecule has 0 unspecified atom stereocenters. The zero-order valence-electron chi connectivity index (χ0n) is 15.1. The number of benzene rings is 2. The quantitative estimate of drug-likeness (QED) is 0.656. The van der Waals surface area contributed by atoms with Gasteiger partial charge < -0.3 is 5.32 Å². The smallest absolute Gasteiger partial charge is 0.256 e. The number of nitrogens with one attached hydrogen (secondary N) is 1. The number of para-hydroxylation sites is 1. The summed E-state index contributed by atoms with van der Waals surface area (Å²) in [5, 5.41) is 7.74. The van der Waals surface area contributed by atoms with Gasteiger partial charge in [0.05, 0.1) is 16.4 Å². The van der Waals surface area contributed by atoms with Crippen LogP contribution in [-0.4, -0.2) is 15.7 Å². The molecule has 2 aromatic carbocycles. The van der Waals surface area contributed by atoms with Gasteiger partial charge in [0.15, 0.2) is 11.6 Å². The van der Waals surface area contributed by atoms with Crippen LogP contribution in [0.2, 0.25) is 5.02 Å². The van der Waals surface area contributed by atoms with Gasteiger partial charge in [-0.1, -0.05) is 44.5 Å². The van der Waals surface area contributed by atoms with Crippen molar-refractivity contribution in [2.75, 3.05) is 5.32 Å². The first-order valence-corrected chi connectivity index (χ1v) is 8.66. The van der Waals surface area contributed by atoms with Crippen molar-refractivity contribution >= 4 is 23.3 Å². The molecule has 3 rings (SSSR count). The summed E-state index contributed by atoms with van der Waals surface area (Å²) in [7, 11) is 0. The summed E-state index contributed by atoms with van der Waals surface area (Å²) in [5.74, 6) is -2.30. The lowest BCUT2D eigenvalue weighted by Gasteiger charge is -2.14. The van der Waals surface area contributed by atoms with E-state index in [4.69, 9.17) is 11.6 Å². The fourth-order valence-electron chi connectivity index (χ4n) is 2.47. The number of hydrogen-bond donors (Lipinski definition) is 1. The number of hydrogen-bond acceptors (Lipinski definition) is 2. The maximum absolute atomic E-state index is 13.4. The summed E-state index contributed by atoms with van der Waals surface area (Å²) < 4.78 is 28.1. The molecule has 1 N–H and O–H groups in total. The van der Waals surface area contributed by atoms with Gasteiger partial charge in [-0.2, -0.15) is 5.10 Å². The molecule has 0 fully saturated rings. The summed E-state index contributed by atoms with van der Waals surface area (Å²) in [6.45, 7) is 5.98. The molecule has 140 valence electrons. The highest BCUT2D eigenvalue weighted by Gasteiger charge is 2.22. The number of rotatable bonds is 3. The molecule has 1 heterocycles. The third-order valence-electron chi connectivity index (χ3n) is 3.98. The Bertz CT molecular complexity index is 1010. The lowest BCUT2D eigenvalue weighted by molar-refractivity contribution is 0.102. The molecule has 27 heavy (non-hydrogen) atoms. The molecule has 1 amide bonds. The predicted octanol–water partition coefficient (Wildman–Crippen LogP) is 5.35. The summed E-state index contributed by atoms with van der Waals surface area (Å²) in [6, 6.07) is 11.8. The normalized spacial score (nSPS) is 11.5. The molecule has 0 aliphatic rings. The molecule has 0 bridgehead atoms. The standard InChI is InChI=1S/C20H18ClF2N3O/c1-20(2,3)17-11-18(26(25-17)16-7-5-4-6-13(16)21)24-19(27)12-8-9-14(22)15(23)10-12/h4-11H,1-3H3,(H,24,27). The number of anilines is 1. The average molecular weight is 390 g/mol. The molecular weight excluding hydrogens is 372 g/mol. The Labute approximate surface area is 160 Å². The van der Waals surface area contributed by atoms with Crippen molar-refractivity contribution in [2.24, 2.45) is 0 Å². The van der Waals surface area contributed by atoms with Crippen LogP contribution >= 0.6 is 11.6 Å². The van der Waals surface area contributed by atoms with E-state index in [0.717, 1.165) is 17.8 Å². The van der Waals surface area contributed by atoms with E-state index >= 15 is 0 Å². The van der Waals surface area contributed by atoms with E-state index in [1.54, 1.807) is 30.3 Å².